The summed E-state index contributed by atoms with van der Waals surface area (Å²) in [6.07, 6.45) is 0.612. The first-order valence-corrected chi connectivity index (χ1v) is 11.1. The molecule has 2 aromatic rings. The van der Waals surface area contributed by atoms with Crippen molar-refractivity contribution in [2.75, 3.05) is 40.0 Å². The first-order valence-electron chi connectivity index (χ1n) is 11.1. The number of hydrogen-bond donors (Lipinski definition) is 1. The SMILES string of the molecule is CCOC(Cc1ccc(OCCN(CCCCOc2ccccc2)C(=O)OC)cc1)C(=O)O. The van der Waals surface area contributed by atoms with Crippen molar-refractivity contribution in [1.82, 2.24) is 4.90 Å². The van der Waals surface area contributed by atoms with Crippen LogP contribution in [0.2, 0.25) is 0 Å². The number of benzene rings is 2. The molecule has 0 fully saturated rings. The fourth-order valence-corrected chi connectivity index (χ4v) is 3.16. The minimum Gasteiger partial charge on any atom is -0.494 e. The lowest BCUT2D eigenvalue weighted by Crippen LogP contribution is -2.35. The molecule has 0 aliphatic carbocycles. The Labute approximate surface area is 195 Å². The van der Waals surface area contributed by atoms with E-state index in [2.05, 4.69) is 0 Å². The molecule has 180 valence electrons. The summed E-state index contributed by atoms with van der Waals surface area (Å²) in [5, 5.41) is 9.20. The lowest BCUT2D eigenvalue weighted by atomic mass is 10.1. The standard InChI is InChI=1S/C25H33NO7/c1-3-31-23(24(27)28)19-20-11-13-22(14-12-20)33-18-16-26(25(29)30-2)15-7-8-17-32-21-9-5-4-6-10-21/h4-6,9-14,23H,3,7-8,15-19H2,1-2H3,(H,27,28). The van der Waals surface area contributed by atoms with E-state index in [1.165, 1.54) is 7.11 Å². The molecule has 0 heterocycles. The first kappa shape index (κ1) is 26.0. The van der Waals surface area contributed by atoms with Gasteiger partial charge in [-0.25, -0.2) is 9.59 Å². The zero-order valence-electron chi connectivity index (χ0n) is 19.3. The van der Waals surface area contributed by atoms with E-state index in [0.717, 1.165) is 24.2 Å². The Morgan fingerprint density at radius 2 is 1.58 bits per heavy atom. The Morgan fingerprint density at radius 3 is 2.21 bits per heavy atom. The molecule has 2 rings (SSSR count). The molecule has 2 aromatic carbocycles. The third kappa shape index (κ3) is 9.82. The van der Waals surface area contributed by atoms with Gasteiger partial charge in [-0.05, 0) is 49.6 Å². The monoisotopic (exact) mass is 459 g/mol. The average molecular weight is 460 g/mol. The van der Waals surface area contributed by atoms with E-state index in [0.29, 0.717) is 38.7 Å². The normalized spacial score (nSPS) is 11.5. The van der Waals surface area contributed by atoms with Crippen LogP contribution in [0.3, 0.4) is 0 Å². The van der Waals surface area contributed by atoms with Gasteiger partial charge in [0.25, 0.3) is 0 Å². The van der Waals surface area contributed by atoms with Crippen molar-refractivity contribution < 1.29 is 33.6 Å². The number of ether oxygens (including phenoxy) is 4. The van der Waals surface area contributed by atoms with Crippen molar-refractivity contribution in [2.45, 2.75) is 32.3 Å². The molecule has 0 aromatic heterocycles. The highest BCUT2D eigenvalue weighted by molar-refractivity contribution is 5.72. The Kier molecular flexibility index (Phi) is 11.6. The molecule has 0 aliphatic heterocycles. The molecule has 0 bridgehead atoms. The molecule has 1 unspecified atom stereocenters. The molecule has 8 nitrogen and oxygen atoms in total. The second-order valence-electron chi connectivity index (χ2n) is 7.30. The number of hydrogen-bond acceptors (Lipinski definition) is 6. The topological polar surface area (TPSA) is 94.5 Å². The Hall–Kier alpha value is -3.26. The van der Waals surface area contributed by atoms with Crippen LogP contribution in [0.15, 0.2) is 54.6 Å². The van der Waals surface area contributed by atoms with Gasteiger partial charge in [0.2, 0.25) is 0 Å². The number of rotatable bonds is 15. The van der Waals surface area contributed by atoms with Gasteiger partial charge in [-0.3, -0.25) is 0 Å². The van der Waals surface area contributed by atoms with E-state index in [4.69, 9.17) is 18.9 Å². The van der Waals surface area contributed by atoms with E-state index >= 15 is 0 Å². The number of methoxy groups -OCH3 is 1. The summed E-state index contributed by atoms with van der Waals surface area (Å²) in [6.45, 7) is 3.93. The van der Waals surface area contributed by atoms with E-state index in [1.807, 2.05) is 42.5 Å². The molecular formula is C25H33NO7. The molecule has 1 atom stereocenters. The number of carbonyl (C=O) groups excluding carboxylic acids is 1. The molecule has 0 spiro atoms. The average Bonchev–Trinajstić information content (AvgIpc) is 2.83. The van der Waals surface area contributed by atoms with Crippen molar-refractivity contribution in [3.8, 4) is 11.5 Å². The van der Waals surface area contributed by atoms with Gasteiger partial charge >= 0.3 is 12.1 Å². The number of nitrogens with zero attached hydrogens (tertiary/aromatic N) is 1. The van der Waals surface area contributed by atoms with Crippen molar-refractivity contribution in [3.05, 3.63) is 60.2 Å². The third-order valence-electron chi connectivity index (χ3n) is 4.88. The third-order valence-corrected chi connectivity index (χ3v) is 4.88. The van der Waals surface area contributed by atoms with Crippen LogP contribution in [-0.2, 0) is 20.7 Å². The lowest BCUT2D eigenvalue weighted by molar-refractivity contribution is -0.149. The number of aliphatic carboxylic acids is 1. The summed E-state index contributed by atoms with van der Waals surface area (Å²) in [7, 11) is 1.36. The van der Waals surface area contributed by atoms with Gasteiger partial charge in [-0.1, -0.05) is 30.3 Å². The van der Waals surface area contributed by atoms with Crippen LogP contribution >= 0.6 is 0 Å². The van der Waals surface area contributed by atoms with Crippen molar-refractivity contribution in [1.29, 1.82) is 0 Å². The van der Waals surface area contributed by atoms with Crippen LogP contribution in [0.1, 0.15) is 25.3 Å². The molecule has 0 aliphatic rings. The number of unbranched alkanes of at least 4 members (excludes halogenated alkanes) is 1. The van der Waals surface area contributed by atoms with Gasteiger partial charge in [0, 0.05) is 19.6 Å². The Morgan fingerprint density at radius 1 is 0.909 bits per heavy atom. The van der Waals surface area contributed by atoms with Crippen molar-refractivity contribution in [3.63, 3.8) is 0 Å². The molecule has 0 saturated carbocycles. The largest absolute Gasteiger partial charge is 0.494 e. The molecule has 33 heavy (non-hydrogen) atoms. The lowest BCUT2D eigenvalue weighted by Gasteiger charge is -2.21. The molecule has 1 N–H and O–H groups in total. The number of carboxylic acids is 1. The smallest absolute Gasteiger partial charge is 0.409 e. The maximum atomic E-state index is 12.1. The van der Waals surface area contributed by atoms with Crippen molar-refractivity contribution >= 4 is 12.1 Å². The van der Waals surface area contributed by atoms with Crippen molar-refractivity contribution in [2.24, 2.45) is 0 Å². The first-order chi connectivity index (χ1) is 16.0. The predicted octanol–water partition coefficient (Wildman–Crippen LogP) is 4.03. The van der Waals surface area contributed by atoms with Gasteiger partial charge < -0.3 is 29.0 Å². The maximum absolute atomic E-state index is 12.1. The minimum atomic E-state index is -0.980. The van der Waals surface area contributed by atoms with Crippen LogP contribution in [-0.4, -0.2) is 68.2 Å². The number of carboxylic acid groups (broad SMARTS) is 1. The summed E-state index contributed by atoms with van der Waals surface area (Å²) in [5.41, 5.74) is 0.845. The fraction of sp³-hybridized carbons (Fsp3) is 0.440. The second kappa shape index (κ2) is 14.7. The van der Waals surface area contributed by atoms with E-state index in [1.54, 1.807) is 24.0 Å². The van der Waals surface area contributed by atoms with Gasteiger partial charge in [-0.15, -0.1) is 0 Å². The van der Waals surface area contributed by atoms with Crippen LogP contribution < -0.4 is 9.47 Å². The van der Waals surface area contributed by atoms with E-state index in [-0.39, 0.29) is 6.42 Å². The summed E-state index contributed by atoms with van der Waals surface area (Å²) in [6, 6.07) is 16.8. The van der Waals surface area contributed by atoms with Gasteiger partial charge in [0.1, 0.15) is 18.1 Å². The zero-order chi connectivity index (χ0) is 23.9. The summed E-state index contributed by atoms with van der Waals surface area (Å²) >= 11 is 0. The molecule has 8 heteroatoms. The van der Waals surface area contributed by atoms with E-state index < -0.39 is 18.2 Å². The summed E-state index contributed by atoms with van der Waals surface area (Å²) in [4.78, 5) is 24.9. The zero-order valence-corrected chi connectivity index (χ0v) is 19.3. The van der Waals surface area contributed by atoms with Gasteiger partial charge in [0.05, 0.1) is 20.3 Å². The number of amides is 1. The molecular weight excluding hydrogens is 426 g/mol. The van der Waals surface area contributed by atoms with Crippen LogP contribution in [0.25, 0.3) is 0 Å². The highest BCUT2D eigenvalue weighted by atomic mass is 16.5. The second-order valence-corrected chi connectivity index (χ2v) is 7.30. The minimum absolute atomic E-state index is 0.285. The molecule has 0 radical (unpaired) electrons. The van der Waals surface area contributed by atoms with Crippen LogP contribution in [0.5, 0.6) is 11.5 Å². The molecule has 1 amide bonds. The highest BCUT2D eigenvalue weighted by Gasteiger charge is 2.18. The Balaban J connectivity index is 1.73. The Bertz CT molecular complexity index is 826. The summed E-state index contributed by atoms with van der Waals surface area (Å²) in [5.74, 6) is 0.493. The van der Waals surface area contributed by atoms with Gasteiger partial charge in [-0.2, -0.15) is 0 Å². The number of para-hydroxylation sites is 1. The van der Waals surface area contributed by atoms with Crippen LogP contribution in [0, 0.1) is 0 Å². The predicted molar refractivity (Wildman–Crippen MR) is 124 cm³/mol. The number of carbonyl (C=O) groups is 2. The fourth-order valence-electron chi connectivity index (χ4n) is 3.16. The van der Waals surface area contributed by atoms with Crippen LogP contribution in [0.4, 0.5) is 4.79 Å². The van der Waals surface area contributed by atoms with E-state index in [9.17, 15) is 14.7 Å². The summed E-state index contributed by atoms with van der Waals surface area (Å²) < 4.78 is 21.5. The quantitative estimate of drug-likeness (QED) is 0.402. The molecule has 0 saturated heterocycles. The maximum Gasteiger partial charge on any atom is 0.409 e. The highest BCUT2D eigenvalue weighted by Crippen LogP contribution is 2.15. The van der Waals surface area contributed by atoms with Gasteiger partial charge in [0.15, 0.2) is 6.10 Å².